The van der Waals surface area contributed by atoms with Crippen LogP contribution in [-0.2, 0) is 4.74 Å². The van der Waals surface area contributed by atoms with Crippen LogP contribution in [0.5, 0.6) is 17.2 Å². The van der Waals surface area contributed by atoms with Gasteiger partial charge in [0.05, 0.1) is 33.1 Å². The normalized spacial score (nSPS) is 13.5. The van der Waals surface area contributed by atoms with Crippen molar-refractivity contribution in [1.82, 2.24) is 14.9 Å². The lowest BCUT2D eigenvalue weighted by atomic mass is 10.2. The van der Waals surface area contributed by atoms with E-state index in [1.807, 2.05) is 24.3 Å². The minimum absolute atomic E-state index is 0.246. The van der Waals surface area contributed by atoms with Crippen molar-refractivity contribution >= 4 is 40.6 Å². The molecule has 3 N–H and O–H groups in total. The summed E-state index contributed by atoms with van der Waals surface area (Å²) in [6, 6.07) is 11.9. The molecule has 1 aromatic heterocycles. The number of carbonyl (C=O) groups is 1. The quantitative estimate of drug-likeness (QED) is 0.355. The van der Waals surface area contributed by atoms with E-state index in [1.54, 1.807) is 18.2 Å². The van der Waals surface area contributed by atoms with E-state index in [1.165, 1.54) is 20.5 Å². The van der Waals surface area contributed by atoms with Gasteiger partial charge in [0.2, 0.25) is 0 Å². The molecule has 2 heterocycles. The summed E-state index contributed by atoms with van der Waals surface area (Å²) >= 11 is 6.31. The van der Waals surface area contributed by atoms with Crippen molar-refractivity contribution in [2.24, 2.45) is 0 Å². The molecular formula is C25H29ClN6O5. The zero-order valence-corrected chi connectivity index (χ0v) is 21.4. The van der Waals surface area contributed by atoms with Gasteiger partial charge in [-0.15, -0.1) is 0 Å². The molecule has 1 fully saturated rings. The molecule has 196 valence electrons. The Morgan fingerprint density at radius 1 is 1.03 bits per heavy atom. The number of ether oxygens (including phenoxy) is 4. The van der Waals surface area contributed by atoms with Crippen molar-refractivity contribution in [1.29, 1.82) is 0 Å². The van der Waals surface area contributed by atoms with Gasteiger partial charge in [-0.05, 0) is 12.1 Å². The first-order valence-electron chi connectivity index (χ1n) is 11.7. The van der Waals surface area contributed by atoms with Crippen LogP contribution >= 0.6 is 11.6 Å². The number of amides is 2. The van der Waals surface area contributed by atoms with Gasteiger partial charge >= 0.3 is 6.03 Å². The fourth-order valence-corrected chi connectivity index (χ4v) is 3.86. The lowest BCUT2D eigenvalue weighted by molar-refractivity contribution is 0.0322. The summed E-state index contributed by atoms with van der Waals surface area (Å²) in [6.07, 6.45) is 1.35. The van der Waals surface area contributed by atoms with Crippen LogP contribution in [0, 0.1) is 0 Å². The molecular weight excluding hydrogens is 500 g/mol. The number of carbonyl (C=O) groups excluding carboxylic acids is 1. The maximum absolute atomic E-state index is 12.6. The van der Waals surface area contributed by atoms with Gasteiger partial charge in [0.1, 0.15) is 46.8 Å². The van der Waals surface area contributed by atoms with E-state index >= 15 is 0 Å². The van der Waals surface area contributed by atoms with Crippen LogP contribution in [-0.4, -0.2) is 74.6 Å². The molecule has 1 saturated heterocycles. The molecule has 1 aliphatic rings. The van der Waals surface area contributed by atoms with Gasteiger partial charge in [0.25, 0.3) is 0 Å². The summed E-state index contributed by atoms with van der Waals surface area (Å²) in [6.45, 7) is 4.81. The van der Waals surface area contributed by atoms with Gasteiger partial charge < -0.3 is 29.6 Å². The fourth-order valence-electron chi connectivity index (χ4n) is 3.62. The predicted molar refractivity (Wildman–Crippen MR) is 142 cm³/mol. The van der Waals surface area contributed by atoms with Crippen molar-refractivity contribution < 1.29 is 23.7 Å². The highest BCUT2D eigenvalue weighted by atomic mass is 35.5. The minimum atomic E-state index is -0.544. The average molecular weight is 529 g/mol. The minimum Gasteiger partial charge on any atom is -0.497 e. The van der Waals surface area contributed by atoms with Crippen LogP contribution in [0.2, 0.25) is 5.02 Å². The number of nitrogens with zero attached hydrogens (tertiary/aromatic N) is 3. The highest BCUT2D eigenvalue weighted by molar-refractivity contribution is 6.35. The zero-order valence-electron chi connectivity index (χ0n) is 20.6. The van der Waals surface area contributed by atoms with Crippen LogP contribution in [0.3, 0.4) is 0 Å². The summed E-state index contributed by atoms with van der Waals surface area (Å²) < 4.78 is 21.7. The molecule has 3 aromatic rings. The molecule has 0 aliphatic carbocycles. The van der Waals surface area contributed by atoms with Crippen molar-refractivity contribution in [2.75, 3.05) is 69.6 Å². The molecule has 2 aromatic carbocycles. The number of halogens is 1. The van der Waals surface area contributed by atoms with Crippen LogP contribution < -0.4 is 30.2 Å². The molecule has 11 nitrogen and oxygen atoms in total. The number of methoxy groups -OCH3 is 2. The number of nitrogens with one attached hydrogen (secondary N) is 3. The summed E-state index contributed by atoms with van der Waals surface area (Å²) in [5, 5.41) is 8.80. The number of morpholine rings is 1. The molecule has 0 bridgehead atoms. The maximum atomic E-state index is 12.6. The van der Waals surface area contributed by atoms with Crippen molar-refractivity contribution in [3.8, 4) is 17.2 Å². The highest BCUT2D eigenvalue weighted by Gasteiger charge is 2.14. The Morgan fingerprint density at radius 3 is 2.62 bits per heavy atom. The smallest absolute Gasteiger partial charge is 0.324 e. The van der Waals surface area contributed by atoms with E-state index in [2.05, 4.69) is 30.8 Å². The van der Waals surface area contributed by atoms with Crippen LogP contribution in [0.15, 0.2) is 48.8 Å². The number of hydrogen-bond acceptors (Lipinski definition) is 9. The number of anilines is 4. The third kappa shape index (κ3) is 7.59. The van der Waals surface area contributed by atoms with Crippen LogP contribution in [0.4, 0.5) is 27.8 Å². The van der Waals surface area contributed by atoms with E-state index in [9.17, 15) is 4.79 Å². The fraction of sp³-hybridized carbons (Fsp3) is 0.320. The number of hydrogen-bond donors (Lipinski definition) is 3. The van der Waals surface area contributed by atoms with Gasteiger partial charge in [0, 0.05) is 49.6 Å². The Kier molecular flexibility index (Phi) is 9.19. The standard InChI is InChI=1S/C25H29ClN6O5/c1-34-19-13-20(24(26)21(14-19)35-2)30-25(33)31-23-15-22(27-16-28-23)29-17-4-3-5-18(12-17)37-11-8-32-6-9-36-10-7-32/h3-5,12-16H,6-11H2,1-2H3,(H3,27,28,29,30,31,33). The molecule has 4 rings (SSSR count). The van der Waals surface area contributed by atoms with Crippen molar-refractivity contribution in [3.05, 3.63) is 53.8 Å². The molecule has 0 spiro atoms. The van der Waals surface area contributed by atoms with Crippen LogP contribution in [0.25, 0.3) is 0 Å². The number of aromatic nitrogens is 2. The van der Waals surface area contributed by atoms with E-state index in [4.69, 9.17) is 30.5 Å². The number of benzene rings is 2. The largest absolute Gasteiger partial charge is 0.497 e. The maximum Gasteiger partial charge on any atom is 0.324 e. The second-order valence-electron chi connectivity index (χ2n) is 8.01. The topological polar surface area (TPSA) is 119 Å². The van der Waals surface area contributed by atoms with Gasteiger partial charge in [0.15, 0.2) is 0 Å². The predicted octanol–water partition coefficient (Wildman–Crippen LogP) is 4.25. The third-order valence-corrected chi connectivity index (χ3v) is 5.90. The second-order valence-corrected chi connectivity index (χ2v) is 8.39. The number of rotatable bonds is 10. The molecule has 2 amide bonds. The van der Waals surface area contributed by atoms with Crippen LogP contribution in [0.1, 0.15) is 0 Å². The monoisotopic (exact) mass is 528 g/mol. The molecule has 0 atom stereocenters. The molecule has 0 radical (unpaired) electrons. The molecule has 12 heteroatoms. The van der Waals surface area contributed by atoms with Gasteiger partial charge in [-0.2, -0.15) is 0 Å². The van der Waals surface area contributed by atoms with E-state index < -0.39 is 6.03 Å². The highest BCUT2D eigenvalue weighted by Crippen LogP contribution is 2.36. The first kappa shape index (κ1) is 26.3. The Bertz CT molecular complexity index is 1210. The summed E-state index contributed by atoms with van der Waals surface area (Å²) in [5.74, 6) is 2.39. The summed E-state index contributed by atoms with van der Waals surface area (Å²) in [5.41, 5.74) is 1.11. The van der Waals surface area contributed by atoms with Gasteiger partial charge in [-0.25, -0.2) is 14.8 Å². The van der Waals surface area contributed by atoms with E-state index in [0.29, 0.717) is 35.4 Å². The summed E-state index contributed by atoms with van der Waals surface area (Å²) in [7, 11) is 2.99. The Balaban J connectivity index is 1.34. The Morgan fingerprint density at radius 2 is 1.84 bits per heavy atom. The first-order valence-corrected chi connectivity index (χ1v) is 12.0. The lowest BCUT2D eigenvalue weighted by Crippen LogP contribution is -2.38. The molecule has 37 heavy (non-hydrogen) atoms. The second kappa shape index (κ2) is 12.9. The van der Waals surface area contributed by atoms with Gasteiger partial charge in [-0.1, -0.05) is 17.7 Å². The first-order chi connectivity index (χ1) is 18.0. The SMILES string of the molecule is COc1cc(NC(=O)Nc2cc(Nc3cccc(OCCN4CCOCC4)c3)ncn2)c(Cl)c(OC)c1. The number of urea groups is 1. The Labute approximate surface area is 220 Å². The molecule has 0 saturated carbocycles. The van der Waals surface area contributed by atoms with E-state index in [-0.39, 0.29) is 5.02 Å². The van der Waals surface area contributed by atoms with E-state index in [0.717, 1.165) is 44.3 Å². The van der Waals surface area contributed by atoms with Gasteiger partial charge in [-0.3, -0.25) is 10.2 Å². The summed E-state index contributed by atoms with van der Waals surface area (Å²) in [4.78, 5) is 23.2. The van der Waals surface area contributed by atoms with Crippen molar-refractivity contribution in [3.63, 3.8) is 0 Å². The third-order valence-electron chi connectivity index (χ3n) is 5.51. The lowest BCUT2D eigenvalue weighted by Gasteiger charge is -2.26. The average Bonchev–Trinajstić information content (AvgIpc) is 2.91. The zero-order chi connectivity index (χ0) is 26.0. The molecule has 1 aliphatic heterocycles. The van der Waals surface area contributed by atoms with Crippen molar-refractivity contribution in [2.45, 2.75) is 0 Å². The Hall–Kier alpha value is -3.80. The molecule has 0 unspecified atom stereocenters.